The fourth-order valence-corrected chi connectivity index (χ4v) is 2.18. The molecule has 0 bridgehead atoms. The van der Waals surface area contributed by atoms with Crippen LogP contribution in [-0.4, -0.2) is 14.5 Å². The van der Waals surface area contributed by atoms with E-state index in [0.717, 1.165) is 11.8 Å². The summed E-state index contributed by atoms with van der Waals surface area (Å²) in [5, 5.41) is 0. The van der Waals surface area contributed by atoms with Crippen molar-refractivity contribution < 1.29 is 4.39 Å². The maximum absolute atomic E-state index is 13.9. The van der Waals surface area contributed by atoms with Crippen LogP contribution in [-0.2, 0) is 0 Å². The van der Waals surface area contributed by atoms with Crippen molar-refractivity contribution in [1.29, 1.82) is 0 Å². The van der Waals surface area contributed by atoms with Gasteiger partial charge in [-0.1, -0.05) is 18.2 Å². The molecule has 1 aromatic carbocycles. The fraction of sp³-hybridized carbons (Fsp3) is 0.0625. The second-order valence-corrected chi connectivity index (χ2v) is 4.89. The highest BCUT2D eigenvalue weighted by molar-refractivity contribution is 5.63. The second-order valence-electron chi connectivity index (χ2n) is 4.89. The summed E-state index contributed by atoms with van der Waals surface area (Å²) < 4.78 is 15.4. The number of aryl methyl sites for hydroxylation is 1. The Labute approximate surface area is 125 Å². The standard InChI is InChI=1S/C16H13FN4O/c1-10-5-6-14(22)21(9-10)12-4-2-3-11(7-12)15-13(17)8-19-16(18)20-15/h2-9H,1H3,(H2,18,19,20). The third-order valence-electron chi connectivity index (χ3n) is 3.22. The van der Waals surface area contributed by atoms with Crippen molar-refractivity contribution in [3.05, 3.63) is 70.5 Å². The van der Waals surface area contributed by atoms with E-state index in [1.165, 1.54) is 10.6 Å². The Bertz CT molecular complexity index is 905. The number of hydrogen-bond acceptors (Lipinski definition) is 4. The molecule has 0 saturated heterocycles. The van der Waals surface area contributed by atoms with Crippen molar-refractivity contribution in [3.8, 4) is 16.9 Å². The van der Waals surface area contributed by atoms with Gasteiger partial charge in [-0.2, -0.15) is 0 Å². The van der Waals surface area contributed by atoms with E-state index in [1.54, 1.807) is 36.5 Å². The number of nitrogens with two attached hydrogens (primary N) is 1. The summed E-state index contributed by atoms with van der Waals surface area (Å²) in [6.07, 6.45) is 2.76. The first-order chi connectivity index (χ1) is 10.5. The summed E-state index contributed by atoms with van der Waals surface area (Å²) in [6.45, 7) is 1.89. The van der Waals surface area contributed by atoms with Crippen molar-refractivity contribution in [2.45, 2.75) is 6.92 Å². The highest BCUT2D eigenvalue weighted by Crippen LogP contribution is 2.22. The molecule has 2 aromatic heterocycles. The maximum atomic E-state index is 13.9. The van der Waals surface area contributed by atoms with E-state index < -0.39 is 5.82 Å². The van der Waals surface area contributed by atoms with Crippen LogP contribution in [0.2, 0.25) is 0 Å². The monoisotopic (exact) mass is 296 g/mol. The zero-order valence-corrected chi connectivity index (χ0v) is 11.8. The predicted octanol–water partition coefficient (Wildman–Crippen LogP) is 2.32. The van der Waals surface area contributed by atoms with E-state index in [4.69, 9.17) is 5.73 Å². The summed E-state index contributed by atoms with van der Waals surface area (Å²) >= 11 is 0. The topological polar surface area (TPSA) is 73.8 Å². The van der Waals surface area contributed by atoms with E-state index >= 15 is 0 Å². The molecule has 2 heterocycles. The minimum Gasteiger partial charge on any atom is -0.368 e. The molecule has 5 nitrogen and oxygen atoms in total. The Kier molecular flexibility index (Phi) is 3.42. The van der Waals surface area contributed by atoms with Gasteiger partial charge in [-0.15, -0.1) is 0 Å². The quantitative estimate of drug-likeness (QED) is 0.787. The Balaban J connectivity index is 2.16. The van der Waals surface area contributed by atoms with Crippen LogP contribution in [0.25, 0.3) is 16.9 Å². The van der Waals surface area contributed by atoms with Gasteiger partial charge in [0, 0.05) is 23.5 Å². The summed E-state index contributed by atoms with van der Waals surface area (Å²) in [4.78, 5) is 19.5. The molecular formula is C16H13FN4O. The molecule has 0 amide bonds. The van der Waals surface area contributed by atoms with Gasteiger partial charge in [-0.3, -0.25) is 9.36 Å². The lowest BCUT2D eigenvalue weighted by Crippen LogP contribution is -2.16. The first kappa shape index (κ1) is 13.9. The van der Waals surface area contributed by atoms with Crippen LogP contribution in [0.4, 0.5) is 10.3 Å². The molecule has 0 aliphatic carbocycles. The zero-order chi connectivity index (χ0) is 15.7. The Morgan fingerprint density at radius 2 is 2.05 bits per heavy atom. The largest absolute Gasteiger partial charge is 0.368 e. The van der Waals surface area contributed by atoms with Gasteiger partial charge in [0.15, 0.2) is 5.82 Å². The number of anilines is 1. The summed E-state index contributed by atoms with van der Waals surface area (Å²) in [6, 6.07) is 10.1. The lowest BCUT2D eigenvalue weighted by molar-refractivity contribution is 0.619. The van der Waals surface area contributed by atoms with Gasteiger partial charge in [0.25, 0.3) is 5.56 Å². The summed E-state index contributed by atoms with van der Waals surface area (Å²) in [5.74, 6) is -0.572. The van der Waals surface area contributed by atoms with Crippen LogP contribution in [0.15, 0.2) is 53.6 Å². The van der Waals surface area contributed by atoms with Crippen LogP contribution in [0.5, 0.6) is 0 Å². The number of nitrogens with zero attached hydrogens (tertiary/aromatic N) is 3. The van der Waals surface area contributed by atoms with E-state index in [9.17, 15) is 9.18 Å². The Morgan fingerprint density at radius 1 is 1.23 bits per heavy atom. The third kappa shape index (κ3) is 2.58. The van der Waals surface area contributed by atoms with Crippen molar-refractivity contribution in [3.63, 3.8) is 0 Å². The molecule has 0 fully saturated rings. The van der Waals surface area contributed by atoms with Crippen molar-refractivity contribution in [1.82, 2.24) is 14.5 Å². The minimum absolute atomic E-state index is 0.00507. The molecule has 22 heavy (non-hydrogen) atoms. The van der Waals surface area contributed by atoms with Crippen LogP contribution < -0.4 is 11.3 Å². The molecule has 3 rings (SSSR count). The van der Waals surface area contributed by atoms with E-state index in [1.807, 2.05) is 6.92 Å². The number of nitrogen functional groups attached to an aromatic ring is 1. The number of halogens is 1. The van der Waals surface area contributed by atoms with Crippen LogP contribution in [0.1, 0.15) is 5.56 Å². The SMILES string of the molecule is Cc1ccc(=O)n(-c2cccc(-c3nc(N)ncc3F)c2)c1. The second kappa shape index (κ2) is 5.40. The van der Waals surface area contributed by atoms with Gasteiger partial charge in [0.1, 0.15) is 5.69 Å². The molecule has 0 atom stereocenters. The number of hydrogen-bond donors (Lipinski definition) is 1. The highest BCUT2D eigenvalue weighted by Gasteiger charge is 2.10. The fourth-order valence-electron chi connectivity index (χ4n) is 2.18. The lowest BCUT2D eigenvalue weighted by atomic mass is 10.1. The first-order valence-corrected chi connectivity index (χ1v) is 6.63. The molecule has 110 valence electrons. The van der Waals surface area contributed by atoms with Crippen molar-refractivity contribution >= 4 is 5.95 Å². The zero-order valence-electron chi connectivity index (χ0n) is 11.8. The highest BCUT2D eigenvalue weighted by atomic mass is 19.1. The lowest BCUT2D eigenvalue weighted by Gasteiger charge is -2.09. The van der Waals surface area contributed by atoms with Crippen molar-refractivity contribution in [2.75, 3.05) is 5.73 Å². The van der Waals surface area contributed by atoms with Gasteiger partial charge < -0.3 is 5.73 Å². The Morgan fingerprint density at radius 3 is 2.86 bits per heavy atom. The molecule has 0 radical (unpaired) electrons. The number of rotatable bonds is 2. The summed E-state index contributed by atoms with van der Waals surface area (Å²) in [5.41, 5.74) is 7.56. The maximum Gasteiger partial charge on any atom is 0.255 e. The van der Waals surface area contributed by atoms with E-state index in [-0.39, 0.29) is 17.2 Å². The van der Waals surface area contributed by atoms with E-state index in [2.05, 4.69) is 9.97 Å². The molecule has 0 unspecified atom stereocenters. The third-order valence-corrected chi connectivity index (χ3v) is 3.22. The predicted molar refractivity (Wildman–Crippen MR) is 82.2 cm³/mol. The molecule has 0 aliphatic rings. The normalized spacial score (nSPS) is 10.6. The molecule has 2 N–H and O–H groups in total. The smallest absolute Gasteiger partial charge is 0.255 e. The van der Waals surface area contributed by atoms with Gasteiger partial charge in [0.05, 0.1) is 6.20 Å². The van der Waals surface area contributed by atoms with Gasteiger partial charge in [-0.05, 0) is 24.6 Å². The first-order valence-electron chi connectivity index (χ1n) is 6.63. The molecule has 0 spiro atoms. The minimum atomic E-state index is -0.567. The summed E-state index contributed by atoms with van der Waals surface area (Å²) in [7, 11) is 0. The number of aromatic nitrogens is 3. The van der Waals surface area contributed by atoms with Crippen LogP contribution in [0, 0.1) is 12.7 Å². The molecule has 0 aliphatic heterocycles. The van der Waals surface area contributed by atoms with E-state index in [0.29, 0.717) is 11.3 Å². The Hall–Kier alpha value is -3.02. The number of benzene rings is 1. The average Bonchev–Trinajstić information content (AvgIpc) is 2.52. The van der Waals surface area contributed by atoms with Gasteiger partial charge in [0.2, 0.25) is 5.95 Å². The van der Waals surface area contributed by atoms with Crippen LogP contribution >= 0.6 is 0 Å². The van der Waals surface area contributed by atoms with Gasteiger partial charge in [-0.25, -0.2) is 14.4 Å². The number of pyridine rings is 1. The van der Waals surface area contributed by atoms with Crippen LogP contribution in [0.3, 0.4) is 0 Å². The molecule has 6 heteroatoms. The molecule has 3 aromatic rings. The van der Waals surface area contributed by atoms with Gasteiger partial charge >= 0.3 is 0 Å². The molecule has 0 saturated carbocycles. The average molecular weight is 296 g/mol. The molecular weight excluding hydrogens is 283 g/mol. The van der Waals surface area contributed by atoms with Crippen molar-refractivity contribution in [2.24, 2.45) is 0 Å².